The Morgan fingerprint density at radius 2 is 2.06 bits per heavy atom. The quantitative estimate of drug-likeness (QED) is 0.629. The van der Waals surface area contributed by atoms with Crippen LogP contribution >= 0.6 is 11.6 Å². The molecular weight excluding hydrogens is 232 g/mol. The van der Waals surface area contributed by atoms with Gasteiger partial charge in [0.2, 0.25) is 0 Å². The Bertz CT molecular complexity index is 336. The number of alkyl halides is 1. The summed E-state index contributed by atoms with van der Waals surface area (Å²) in [5.74, 6) is 0.208. The smallest absolute Gasteiger partial charge is 0.338 e. The van der Waals surface area contributed by atoms with Gasteiger partial charge in [-0.15, -0.1) is 11.6 Å². The van der Waals surface area contributed by atoms with Crippen LogP contribution in [0.2, 0.25) is 0 Å². The summed E-state index contributed by atoms with van der Waals surface area (Å²) in [6.07, 6.45) is -0.830. The summed E-state index contributed by atoms with van der Waals surface area (Å²) in [5, 5.41) is 9.11. The summed E-state index contributed by atoms with van der Waals surface area (Å²) in [4.78, 5) is 11.4. The van der Waals surface area contributed by atoms with E-state index in [9.17, 15) is 4.79 Å². The van der Waals surface area contributed by atoms with Gasteiger partial charge < -0.3 is 14.6 Å². The number of esters is 1. The molecule has 1 rings (SSSR count). The molecule has 0 aromatic heterocycles. The first-order valence-corrected chi connectivity index (χ1v) is 5.26. The third-order valence-corrected chi connectivity index (χ3v) is 2.27. The maximum absolute atomic E-state index is 11.4. The predicted octanol–water partition coefficient (Wildman–Crippen LogP) is 1.45. The second-order valence-electron chi connectivity index (χ2n) is 3.14. The van der Waals surface area contributed by atoms with E-state index in [2.05, 4.69) is 0 Å². The Kier molecular flexibility index (Phi) is 5.08. The van der Waals surface area contributed by atoms with Crippen LogP contribution in [0.3, 0.4) is 0 Å². The number of aliphatic hydroxyl groups excluding tert-OH is 1. The van der Waals surface area contributed by atoms with Crippen LogP contribution in [0.5, 0.6) is 5.75 Å². The minimum absolute atomic E-state index is 0.0376. The summed E-state index contributed by atoms with van der Waals surface area (Å²) in [6, 6.07) is 6.51. The maximum atomic E-state index is 11.4. The molecule has 0 aliphatic rings. The van der Waals surface area contributed by atoms with Gasteiger partial charge in [-0.1, -0.05) is 0 Å². The van der Waals surface area contributed by atoms with Crippen LogP contribution < -0.4 is 4.74 Å². The number of hydrogen-bond acceptors (Lipinski definition) is 4. The van der Waals surface area contributed by atoms with Crippen LogP contribution in [0.4, 0.5) is 0 Å². The molecule has 0 fully saturated rings. The lowest BCUT2D eigenvalue weighted by atomic mass is 10.2. The van der Waals surface area contributed by atoms with E-state index in [0.29, 0.717) is 11.3 Å². The van der Waals surface area contributed by atoms with E-state index in [0.717, 1.165) is 0 Å². The molecule has 0 aliphatic carbocycles. The largest absolute Gasteiger partial charge is 0.497 e. The third kappa shape index (κ3) is 3.72. The van der Waals surface area contributed by atoms with Crippen molar-refractivity contribution >= 4 is 17.6 Å². The first kappa shape index (κ1) is 12.8. The van der Waals surface area contributed by atoms with Gasteiger partial charge in [0.15, 0.2) is 0 Å². The van der Waals surface area contributed by atoms with Crippen molar-refractivity contribution in [2.45, 2.75) is 6.10 Å². The number of aliphatic hydroxyl groups is 1. The molecule has 16 heavy (non-hydrogen) atoms. The molecule has 0 spiro atoms. The lowest BCUT2D eigenvalue weighted by Gasteiger charge is -2.08. The van der Waals surface area contributed by atoms with Crippen LogP contribution in [0.15, 0.2) is 24.3 Å². The van der Waals surface area contributed by atoms with Crippen molar-refractivity contribution in [3.63, 3.8) is 0 Å². The van der Waals surface area contributed by atoms with Gasteiger partial charge in [0.1, 0.15) is 18.5 Å². The van der Waals surface area contributed by atoms with Gasteiger partial charge in [-0.2, -0.15) is 0 Å². The molecule has 0 heterocycles. The minimum atomic E-state index is -0.830. The van der Waals surface area contributed by atoms with Crippen molar-refractivity contribution in [1.29, 1.82) is 0 Å². The number of halogens is 1. The zero-order chi connectivity index (χ0) is 12.0. The molecule has 1 atom stereocenters. The molecule has 0 unspecified atom stereocenters. The first-order valence-electron chi connectivity index (χ1n) is 4.72. The number of rotatable bonds is 5. The Morgan fingerprint density at radius 1 is 1.44 bits per heavy atom. The number of ether oxygens (including phenoxy) is 2. The van der Waals surface area contributed by atoms with Gasteiger partial charge in [-0.25, -0.2) is 4.79 Å². The molecule has 0 saturated carbocycles. The fourth-order valence-corrected chi connectivity index (χ4v) is 1.12. The Morgan fingerprint density at radius 3 is 2.56 bits per heavy atom. The lowest BCUT2D eigenvalue weighted by molar-refractivity contribution is 0.0303. The molecule has 1 aromatic carbocycles. The zero-order valence-electron chi connectivity index (χ0n) is 8.85. The summed E-state index contributed by atoms with van der Waals surface area (Å²) in [6.45, 7) is -0.103. The Balaban J connectivity index is 2.52. The number of carbonyl (C=O) groups excluding carboxylic acids is 1. The zero-order valence-corrected chi connectivity index (χ0v) is 9.61. The van der Waals surface area contributed by atoms with Gasteiger partial charge in [-0.05, 0) is 24.3 Å². The average Bonchev–Trinajstić information content (AvgIpc) is 2.35. The van der Waals surface area contributed by atoms with Gasteiger partial charge in [0.05, 0.1) is 18.6 Å². The van der Waals surface area contributed by atoms with E-state index in [1.54, 1.807) is 31.4 Å². The fourth-order valence-electron chi connectivity index (χ4n) is 1.03. The summed E-state index contributed by atoms with van der Waals surface area (Å²) >= 11 is 5.36. The maximum Gasteiger partial charge on any atom is 0.338 e. The van der Waals surface area contributed by atoms with Gasteiger partial charge >= 0.3 is 5.97 Å². The van der Waals surface area contributed by atoms with Crippen molar-refractivity contribution in [2.24, 2.45) is 0 Å². The monoisotopic (exact) mass is 244 g/mol. The highest BCUT2D eigenvalue weighted by Crippen LogP contribution is 2.12. The topological polar surface area (TPSA) is 55.8 Å². The van der Waals surface area contributed by atoms with Crippen LogP contribution in [0.25, 0.3) is 0 Å². The third-order valence-electron chi connectivity index (χ3n) is 1.91. The molecule has 0 radical (unpaired) electrons. The summed E-state index contributed by atoms with van der Waals surface area (Å²) < 4.78 is 9.80. The SMILES string of the molecule is COc1ccc(C(=O)OC[C@@H](O)CCl)cc1. The standard InChI is InChI=1S/C11H13ClO4/c1-15-10-4-2-8(3-5-10)11(14)16-7-9(13)6-12/h2-5,9,13H,6-7H2,1H3/t9-/m0/s1. The van der Waals surface area contributed by atoms with E-state index in [4.69, 9.17) is 26.2 Å². The first-order chi connectivity index (χ1) is 7.67. The average molecular weight is 245 g/mol. The van der Waals surface area contributed by atoms with Crippen LogP contribution in [-0.4, -0.2) is 36.8 Å². The highest BCUT2D eigenvalue weighted by molar-refractivity contribution is 6.18. The number of hydrogen-bond donors (Lipinski definition) is 1. The molecule has 0 amide bonds. The molecule has 88 valence electrons. The van der Waals surface area contributed by atoms with Crippen LogP contribution in [-0.2, 0) is 4.74 Å². The van der Waals surface area contributed by atoms with E-state index < -0.39 is 12.1 Å². The van der Waals surface area contributed by atoms with Crippen molar-refractivity contribution in [3.8, 4) is 5.75 Å². The van der Waals surface area contributed by atoms with E-state index in [1.807, 2.05) is 0 Å². The number of methoxy groups -OCH3 is 1. The van der Waals surface area contributed by atoms with Crippen molar-refractivity contribution in [2.75, 3.05) is 19.6 Å². The minimum Gasteiger partial charge on any atom is -0.497 e. The lowest BCUT2D eigenvalue weighted by Crippen LogP contribution is -2.19. The normalized spacial score (nSPS) is 11.9. The molecular formula is C11H13ClO4. The van der Waals surface area contributed by atoms with Gasteiger partial charge in [0, 0.05) is 0 Å². The number of carbonyl (C=O) groups is 1. The van der Waals surface area contributed by atoms with E-state index in [1.165, 1.54) is 0 Å². The summed E-state index contributed by atoms with van der Waals surface area (Å²) in [7, 11) is 1.55. The molecule has 1 N–H and O–H groups in total. The second-order valence-corrected chi connectivity index (χ2v) is 3.44. The molecule has 0 aliphatic heterocycles. The Hall–Kier alpha value is -1.26. The van der Waals surface area contributed by atoms with Crippen molar-refractivity contribution in [3.05, 3.63) is 29.8 Å². The van der Waals surface area contributed by atoms with Crippen molar-refractivity contribution in [1.82, 2.24) is 0 Å². The van der Waals surface area contributed by atoms with E-state index in [-0.39, 0.29) is 12.5 Å². The second kappa shape index (κ2) is 6.35. The highest BCUT2D eigenvalue weighted by atomic mass is 35.5. The van der Waals surface area contributed by atoms with Crippen molar-refractivity contribution < 1.29 is 19.4 Å². The highest BCUT2D eigenvalue weighted by Gasteiger charge is 2.10. The van der Waals surface area contributed by atoms with Gasteiger partial charge in [-0.3, -0.25) is 0 Å². The molecule has 1 aromatic rings. The molecule has 5 heteroatoms. The van der Waals surface area contributed by atoms with Crippen LogP contribution in [0.1, 0.15) is 10.4 Å². The molecule has 4 nitrogen and oxygen atoms in total. The predicted molar refractivity (Wildman–Crippen MR) is 60.0 cm³/mol. The Labute approximate surface area is 98.7 Å². The summed E-state index contributed by atoms with van der Waals surface area (Å²) in [5.41, 5.74) is 0.405. The fraction of sp³-hybridized carbons (Fsp3) is 0.364. The van der Waals surface area contributed by atoms with Crippen LogP contribution in [0, 0.1) is 0 Å². The van der Waals surface area contributed by atoms with Gasteiger partial charge in [0.25, 0.3) is 0 Å². The molecule has 0 saturated heterocycles. The van der Waals surface area contributed by atoms with E-state index >= 15 is 0 Å². The number of benzene rings is 1. The molecule has 0 bridgehead atoms.